The van der Waals surface area contributed by atoms with Crippen LogP contribution in [0, 0.1) is 23.5 Å². The van der Waals surface area contributed by atoms with Gasteiger partial charge in [0.1, 0.15) is 6.61 Å². The van der Waals surface area contributed by atoms with Gasteiger partial charge in [-0.05, 0) is 68.6 Å². The largest absolute Gasteiger partial charge is 0.491 e. The minimum absolute atomic E-state index is 0.0936. The van der Waals surface area contributed by atoms with Crippen molar-refractivity contribution in [2.75, 3.05) is 19.8 Å². The summed E-state index contributed by atoms with van der Waals surface area (Å²) >= 11 is 0. The zero-order valence-corrected chi connectivity index (χ0v) is 18.4. The Labute approximate surface area is 179 Å². The van der Waals surface area contributed by atoms with Crippen LogP contribution in [-0.4, -0.2) is 25.9 Å². The van der Waals surface area contributed by atoms with Gasteiger partial charge in [-0.3, -0.25) is 0 Å². The second-order valence-corrected chi connectivity index (χ2v) is 8.60. The first-order valence-electron chi connectivity index (χ1n) is 11.7. The maximum Gasteiger partial charge on any atom is 0.204 e. The molecule has 1 heterocycles. The van der Waals surface area contributed by atoms with E-state index in [2.05, 4.69) is 13.0 Å². The van der Waals surface area contributed by atoms with Gasteiger partial charge in [0.2, 0.25) is 11.6 Å². The average Bonchev–Trinajstić information content (AvgIpc) is 2.78. The molecule has 5 heteroatoms. The quantitative estimate of drug-likeness (QED) is 0.305. The van der Waals surface area contributed by atoms with Crippen LogP contribution in [-0.2, 0) is 4.74 Å². The van der Waals surface area contributed by atoms with Crippen molar-refractivity contribution < 1.29 is 23.0 Å². The van der Waals surface area contributed by atoms with Crippen molar-refractivity contribution >= 4 is 0 Å². The molecule has 1 aliphatic heterocycles. The third-order valence-electron chi connectivity index (χ3n) is 6.45. The minimum Gasteiger partial charge on any atom is -0.491 e. The summed E-state index contributed by atoms with van der Waals surface area (Å²) in [6.45, 7) is 5.10. The van der Waals surface area contributed by atoms with E-state index < -0.39 is 11.6 Å². The van der Waals surface area contributed by atoms with Gasteiger partial charge >= 0.3 is 0 Å². The molecular weight excluding hydrogens is 386 g/mol. The fraction of sp³-hybridized carbons (Fsp3) is 0.680. The van der Waals surface area contributed by atoms with Crippen LogP contribution in [0.15, 0.2) is 23.8 Å². The van der Waals surface area contributed by atoms with Crippen LogP contribution < -0.4 is 9.47 Å². The first-order valence-corrected chi connectivity index (χ1v) is 11.7. The second kappa shape index (κ2) is 11.7. The van der Waals surface area contributed by atoms with Gasteiger partial charge in [-0.15, -0.1) is 0 Å². The second-order valence-electron chi connectivity index (χ2n) is 8.60. The molecule has 3 nitrogen and oxygen atoms in total. The van der Waals surface area contributed by atoms with Gasteiger partial charge in [-0.1, -0.05) is 38.7 Å². The van der Waals surface area contributed by atoms with E-state index in [0.717, 1.165) is 12.3 Å². The Morgan fingerprint density at radius 3 is 2.27 bits per heavy atom. The number of halogens is 2. The van der Waals surface area contributed by atoms with Crippen molar-refractivity contribution in [3.63, 3.8) is 0 Å². The van der Waals surface area contributed by atoms with Gasteiger partial charge < -0.3 is 14.2 Å². The molecule has 0 N–H and O–H groups in total. The molecule has 1 atom stereocenters. The number of hydrogen-bond acceptors (Lipinski definition) is 3. The molecule has 0 saturated heterocycles. The summed E-state index contributed by atoms with van der Waals surface area (Å²) in [6, 6.07) is 2.81. The van der Waals surface area contributed by atoms with Crippen molar-refractivity contribution in [2.45, 2.75) is 77.7 Å². The van der Waals surface area contributed by atoms with Crippen molar-refractivity contribution in [2.24, 2.45) is 11.8 Å². The monoisotopic (exact) mass is 422 g/mol. The standard InChI is InChI=1S/C25H36F2O3/c1-3-5-6-7-18-8-10-19(11-9-18)20-12-13-21(29-16-20)17-30-23-15-14-22(28-4-2)24(26)25(23)27/h12,14-15,18-19,21H,3-11,13,16-17H2,1-2H3. The number of benzene rings is 1. The first kappa shape index (κ1) is 23.1. The number of hydrogen-bond donors (Lipinski definition) is 0. The van der Waals surface area contributed by atoms with Gasteiger partial charge in [-0.25, -0.2) is 0 Å². The lowest BCUT2D eigenvalue weighted by atomic mass is 9.76. The van der Waals surface area contributed by atoms with Crippen LogP contribution in [0.5, 0.6) is 11.5 Å². The highest BCUT2D eigenvalue weighted by molar-refractivity contribution is 5.35. The van der Waals surface area contributed by atoms with Crippen LogP contribution >= 0.6 is 0 Å². The Morgan fingerprint density at radius 2 is 1.67 bits per heavy atom. The van der Waals surface area contributed by atoms with Crippen LogP contribution in [0.1, 0.15) is 71.6 Å². The van der Waals surface area contributed by atoms with E-state index in [1.807, 2.05) is 0 Å². The molecule has 0 amide bonds. The lowest BCUT2D eigenvalue weighted by Gasteiger charge is -2.33. The van der Waals surface area contributed by atoms with Crippen LogP contribution in [0.2, 0.25) is 0 Å². The molecule has 3 rings (SSSR count). The molecule has 1 aromatic rings. The van der Waals surface area contributed by atoms with E-state index in [0.29, 0.717) is 12.5 Å². The van der Waals surface area contributed by atoms with Crippen LogP contribution in [0.4, 0.5) is 8.78 Å². The summed E-state index contributed by atoms with van der Waals surface area (Å²) in [7, 11) is 0. The maximum absolute atomic E-state index is 14.1. The normalized spacial score (nSPS) is 24.4. The van der Waals surface area contributed by atoms with Crippen LogP contribution in [0.3, 0.4) is 0 Å². The molecule has 0 aromatic heterocycles. The number of rotatable bonds is 10. The molecule has 0 bridgehead atoms. The van der Waals surface area contributed by atoms with E-state index in [9.17, 15) is 8.78 Å². The van der Waals surface area contributed by atoms with E-state index in [1.54, 1.807) is 6.92 Å². The van der Waals surface area contributed by atoms with E-state index >= 15 is 0 Å². The fourth-order valence-electron chi connectivity index (χ4n) is 4.60. The van der Waals surface area contributed by atoms with Crippen molar-refractivity contribution in [1.29, 1.82) is 0 Å². The molecular formula is C25H36F2O3. The third kappa shape index (κ3) is 6.19. The number of ether oxygens (including phenoxy) is 3. The van der Waals surface area contributed by atoms with Gasteiger partial charge in [0.15, 0.2) is 11.5 Å². The Bertz CT molecular complexity index is 696. The summed E-state index contributed by atoms with van der Waals surface area (Å²) in [5, 5.41) is 0. The molecule has 168 valence electrons. The highest BCUT2D eigenvalue weighted by Crippen LogP contribution is 2.37. The molecule has 0 spiro atoms. The van der Waals surface area contributed by atoms with Crippen molar-refractivity contribution in [1.82, 2.24) is 0 Å². The summed E-state index contributed by atoms with van der Waals surface area (Å²) in [5.74, 6) is -0.662. The topological polar surface area (TPSA) is 27.7 Å². The summed E-state index contributed by atoms with van der Waals surface area (Å²) in [6.07, 6.45) is 13.5. The molecule has 0 radical (unpaired) electrons. The highest BCUT2D eigenvalue weighted by Gasteiger charge is 2.26. The smallest absolute Gasteiger partial charge is 0.204 e. The summed E-state index contributed by atoms with van der Waals surface area (Å²) < 4.78 is 44.6. The SMILES string of the molecule is CCCCCC1CCC(C2=CCC(COc3ccc(OCC)c(F)c3F)OC2)CC1. The Hall–Kier alpha value is -1.62. The molecule has 1 saturated carbocycles. The van der Waals surface area contributed by atoms with E-state index in [1.165, 1.54) is 69.1 Å². The van der Waals surface area contributed by atoms with Gasteiger partial charge in [-0.2, -0.15) is 8.78 Å². The van der Waals surface area contributed by atoms with Gasteiger partial charge in [0, 0.05) is 0 Å². The maximum atomic E-state index is 14.1. The zero-order valence-electron chi connectivity index (χ0n) is 18.4. The van der Waals surface area contributed by atoms with E-state index in [4.69, 9.17) is 14.2 Å². The van der Waals surface area contributed by atoms with E-state index in [-0.39, 0.29) is 30.8 Å². The first-order chi connectivity index (χ1) is 14.6. The minimum atomic E-state index is -1.01. The van der Waals surface area contributed by atoms with Gasteiger partial charge in [0.25, 0.3) is 0 Å². The van der Waals surface area contributed by atoms with Crippen molar-refractivity contribution in [3.8, 4) is 11.5 Å². The molecule has 2 aliphatic rings. The van der Waals surface area contributed by atoms with Gasteiger partial charge in [0.05, 0.1) is 19.3 Å². The predicted molar refractivity (Wildman–Crippen MR) is 115 cm³/mol. The molecule has 30 heavy (non-hydrogen) atoms. The predicted octanol–water partition coefficient (Wildman–Crippen LogP) is 6.84. The number of unbranched alkanes of at least 4 members (excludes halogenated alkanes) is 2. The highest BCUT2D eigenvalue weighted by atomic mass is 19.2. The zero-order chi connectivity index (χ0) is 21.3. The van der Waals surface area contributed by atoms with Crippen molar-refractivity contribution in [3.05, 3.63) is 35.4 Å². The molecule has 1 aliphatic carbocycles. The Balaban J connectivity index is 1.43. The lowest BCUT2D eigenvalue weighted by Crippen LogP contribution is -2.28. The Kier molecular flexibility index (Phi) is 8.98. The summed E-state index contributed by atoms with van der Waals surface area (Å²) in [4.78, 5) is 0. The summed E-state index contributed by atoms with van der Waals surface area (Å²) in [5.41, 5.74) is 1.41. The fourth-order valence-corrected chi connectivity index (χ4v) is 4.60. The molecule has 1 aromatic carbocycles. The Morgan fingerprint density at radius 1 is 0.967 bits per heavy atom. The molecule has 1 fully saturated rings. The third-order valence-corrected chi connectivity index (χ3v) is 6.45. The molecule has 1 unspecified atom stereocenters. The van der Waals surface area contributed by atoms with Crippen LogP contribution in [0.25, 0.3) is 0 Å². The lowest BCUT2D eigenvalue weighted by molar-refractivity contribution is 0.0204. The average molecular weight is 423 g/mol.